The summed E-state index contributed by atoms with van der Waals surface area (Å²) in [6.45, 7) is 0. The van der Waals surface area contributed by atoms with Crippen molar-refractivity contribution < 1.29 is 35.9 Å². The molecule has 0 aliphatic heterocycles. The van der Waals surface area contributed by atoms with E-state index in [-0.39, 0.29) is 11.3 Å². The Hall–Kier alpha value is -3.66. The summed E-state index contributed by atoms with van der Waals surface area (Å²) in [5.74, 6) is -5.79. The van der Waals surface area contributed by atoms with Gasteiger partial charge in [-0.3, -0.25) is 4.79 Å². The third-order valence-electron chi connectivity index (χ3n) is 4.33. The SMILES string of the molecule is O=C(O[C@@H](C(=O)Nc1ccc(F)cc1)c1ccccc1)c1ccc(S(=O)(=O)C(F)F)cc1. The Bertz CT molecular complexity index is 1200. The van der Waals surface area contributed by atoms with Crippen molar-refractivity contribution in [2.75, 3.05) is 5.32 Å². The van der Waals surface area contributed by atoms with Crippen LogP contribution >= 0.6 is 0 Å². The monoisotopic (exact) mass is 463 g/mol. The highest BCUT2D eigenvalue weighted by Crippen LogP contribution is 2.23. The van der Waals surface area contributed by atoms with Crippen LogP contribution in [-0.4, -0.2) is 26.1 Å². The zero-order valence-electron chi connectivity index (χ0n) is 16.2. The minimum atomic E-state index is -4.81. The van der Waals surface area contributed by atoms with Crippen molar-refractivity contribution in [3.8, 4) is 0 Å². The van der Waals surface area contributed by atoms with Crippen molar-refractivity contribution >= 4 is 27.4 Å². The number of hydrogen-bond acceptors (Lipinski definition) is 5. The van der Waals surface area contributed by atoms with Crippen LogP contribution in [0, 0.1) is 5.82 Å². The molecule has 0 aromatic heterocycles. The van der Waals surface area contributed by atoms with E-state index in [2.05, 4.69) is 5.32 Å². The van der Waals surface area contributed by atoms with E-state index in [4.69, 9.17) is 4.74 Å². The highest BCUT2D eigenvalue weighted by atomic mass is 32.2. The van der Waals surface area contributed by atoms with E-state index in [0.29, 0.717) is 5.56 Å². The van der Waals surface area contributed by atoms with Crippen LogP contribution in [0.25, 0.3) is 0 Å². The molecule has 10 heteroatoms. The number of hydrogen-bond donors (Lipinski definition) is 1. The quantitative estimate of drug-likeness (QED) is 0.526. The number of rotatable bonds is 7. The molecule has 1 atom stereocenters. The molecule has 0 fully saturated rings. The lowest BCUT2D eigenvalue weighted by Gasteiger charge is -2.18. The van der Waals surface area contributed by atoms with Gasteiger partial charge in [-0.1, -0.05) is 30.3 Å². The van der Waals surface area contributed by atoms with Gasteiger partial charge in [-0.2, -0.15) is 8.78 Å². The summed E-state index contributed by atoms with van der Waals surface area (Å²) in [6, 6.07) is 16.8. The van der Waals surface area contributed by atoms with Gasteiger partial charge in [0.1, 0.15) is 5.82 Å². The third-order valence-corrected chi connectivity index (χ3v) is 5.73. The van der Waals surface area contributed by atoms with Crippen LogP contribution in [0.5, 0.6) is 0 Å². The van der Waals surface area contributed by atoms with Gasteiger partial charge in [0, 0.05) is 11.3 Å². The normalized spacial score (nSPS) is 12.2. The molecule has 3 aromatic carbocycles. The van der Waals surface area contributed by atoms with Crippen molar-refractivity contribution in [2.24, 2.45) is 0 Å². The van der Waals surface area contributed by atoms with Crippen molar-refractivity contribution in [3.63, 3.8) is 0 Å². The maximum absolute atomic E-state index is 13.1. The van der Waals surface area contributed by atoms with Crippen LogP contribution in [0.2, 0.25) is 0 Å². The second-order valence-electron chi connectivity index (χ2n) is 6.52. The van der Waals surface area contributed by atoms with Crippen molar-refractivity contribution in [1.29, 1.82) is 0 Å². The van der Waals surface area contributed by atoms with Crippen LogP contribution in [0.4, 0.5) is 18.9 Å². The Balaban J connectivity index is 1.82. The minimum absolute atomic E-state index is 0.145. The highest BCUT2D eigenvalue weighted by molar-refractivity contribution is 7.91. The fraction of sp³-hybridized carbons (Fsp3) is 0.0909. The Kier molecular flexibility index (Phi) is 6.94. The minimum Gasteiger partial charge on any atom is -0.444 e. The Morgan fingerprint density at radius 1 is 0.844 bits per heavy atom. The number of ether oxygens (including phenoxy) is 1. The molecule has 0 aliphatic rings. The molecule has 32 heavy (non-hydrogen) atoms. The number of anilines is 1. The number of nitrogens with one attached hydrogen (secondary N) is 1. The Labute approximate surface area is 181 Å². The van der Waals surface area contributed by atoms with Gasteiger partial charge in [0.25, 0.3) is 5.91 Å². The third kappa shape index (κ3) is 5.33. The van der Waals surface area contributed by atoms with E-state index in [0.717, 1.165) is 36.4 Å². The van der Waals surface area contributed by atoms with Crippen molar-refractivity contribution in [3.05, 3.63) is 95.8 Å². The molecule has 0 aliphatic carbocycles. The summed E-state index contributed by atoms with van der Waals surface area (Å²) >= 11 is 0. The largest absolute Gasteiger partial charge is 0.444 e. The molecule has 0 bridgehead atoms. The maximum atomic E-state index is 13.1. The van der Waals surface area contributed by atoms with E-state index >= 15 is 0 Å². The first-order valence-electron chi connectivity index (χ1n) is 9.13. The molecule has 0 heterocycles. The Morgan fingerprint density at radius 3 is 2.00 bits per heavy atom. The molecule has 3 aromatic rings. The molecule has 3 rings (SSSR count). The first-order chi connectivity index (χ1) is 15.2. The second kappa shape index (κ2) is 9.65. The molecule has 1 N–H and O–H groups in total. The van der Waals surface area contributed by atoms with Crippen molar-refractivity contribution in [2.45, 2.75) is 16.8 Å². The number of carbonyl (C=O) groups excluding carboxylic acids is 2. The van der Waals surface area contributed by atoms with Crippen LogP contribution in [0.15, 0.2) is 83.8 Å². The smallest absolute Gasteiger partial charge is 0.341 e. The number of esters is 1. The first kappa shape index (κ1) is 23.0. The lowest BCUT2D eigenvalue weighted by Crippen LogP contribution is -2.26. The highest BCUT2D eigenvalue weighted by Gasteiger charge is 2.28. The zero-order valence-corrected chi connectivity index (χ0v) is 17.1. The molecule has 0 spiro atoms. The molecular weight excluding hydrogens is 447 g/mol. The summed E-state index contributed by atoms with van der Waals surface area (Å²) < 4.78 is 66.8. The number of benzene rings is 3. The predicted molar refractivity (Wildman–Crippen MR) is 109 cm³/mol. The molecule has 1 amide bonds. The number of alkyl halides is 2. The summed E-state index contributed by atoms with van der Waals surface area (Å²) in [4.78, 5) is 24.7. The molecular formula is C22H16F3NO5S. The van der Waals surface area contributed by atoms with Gasteiger partial charge in [0.15, 0.2) is 0 Å². The van der Waals surface area contributed by atoms with Crippen molar-refractivity contribution in [1.82, 2.24) is 0 Å². The first-order valence-corrected chi connectivity index (χ1v) is 10.7. The molecule has 0 saturated carbocycles. The lowest BCUT2D eigenvalue weighted by molar-refractivity contribution is -0.125. The van der Waals surface area contributed by atoms with Gasteiger partial charge in [-0.05, 0) is 48.5 Å². The van der Waals surface area contributed by atoms with Crippen LogP contribution in [0.3, 0.4) is 0 Å². The number of amides is 1. The topological polar surface area (TPSA) is 89.5 Å². The van der Waals surface area contributed by atoms with E-state index < -0.39 is 44.3 Å². The summed E-state index contributed by atoms with van der Waals surface area (Å²) in [6.07, 6.45) is -1.39. The standard InChI is InChI=1S/C22H16F3NO5S/c23-16-8-10-17(11-9-16)26-20(27)19(14-4-2-1-3-5-14)31-21(28)15-6-12-18(13-7-15)32(29,30)22(24)25/h1-13,19,22H,(H,26,27)/t19-/m1/s1. The predicted octanol–water partition coefficient (Wildman–Crippen LogP) is 4.36. The maximum Gasteiger partial charge on any atom is 0.341 e. The van der Waals surface area contributed by atoms with Gasteiger partial charge < -0.3 is 10.1 Å². The number of carbonyl (C=O) groups is 2. The summed E-state index contributed by atoms with van der Waals surface area (Å²) in [5.41, 5.74) is 0.473. The second-order valence-corrected chi connectivity index (χ2v) is 8.44. The molecule has 0 unspecified atom stereocenters. The summed E-state index contributed by atoms with van der Waals surface area (Å²) in [7, 11) is -4.81. The van der Waals surface area contributed by atoms with E-state index in [9.17, 15) is 31.2 Å². The molecule has 0 saturated heterocycles. The van der Waals surface area contributed by atoms with Gasteiger partial charge in [0.2, 0.25) is 15.9 Å². The van der Waals surface area contributed by atoms with E-state index in [1.807, 2.05) is 0 Å². The van der Waals surface area contributed by atoms with Gasteiger partial charge in [-0.25, -0.2) is 17.6 Å². The van der Waals surface area contributed by atoms with Crippen LogP contribution < -0.4 is 5.32 Å². The van der Waals surface area contributed by atoms with Gasteiger partial charge >= 0.3 is 11.7 Å². The zero-order chi connectivity index (χ0) is 23.3. The van der Waals surface area contributed by atoms with Gasteiger partial charge in [0.05, 0.1) is 10.5 Å². The van der Waals surface area contributed by atoms with E-state index in [1.54, 1.807) is 30.3 Å². The Morgan fingerprint density at radius 2 is 1.44 bits per heavy atom. The molecule has 0 radical (unpaired) electrons. The number of sulfone groups is 1. The van der Waals surface area contributed by atoms with Gasteiger partial charge in [-0.15, -0.1) is 0 Å². The lowest BCUT2D eigenvalue weighted by atomic mass is 10.1. The fourth-order valence-electron chi connectivity index (χ4n) is 2.70. The van der Waals surface area contributed by atoms with E-state index in [1.165, 1.54) is 12.1 Å². The average molecular weight is 463 g/mol. The number of halogens is 3. The average Bonchev–Trinajstić information content (AvgIpc) is 2.79. The molecule has 166 valence electrons. The molecule has 6 nitrogen and oxygen atoms in total. The summed E-state index contributed by atoms with van der Waals surface area (Å²) in [5, 5.41) is 2.52. The van der Waals surface area contributed by atoms with Crippen LogP contribution in [-0.2, 0) is 19.4 Å². The van der Waals surface area contributed by atoms with Crippen LogP contribution in [0.1, 0.15) is 22.0 Å². The fourth-order valence-corrected chi connectivity index (χ4v) is 3.42.